The Hall–Kier alpha value is -3.42. The van der Waals surface area contributed by atoms with Gasteiger partial charge in [-0.2, -0.15) is 0 Å². The lowest BCUT2D eigenvalue weighted by molar-refractivity contribution is -0.121. The molecule has 8 heteroatoms. The Bertz CT molecular complexity index is 1030. The minimum atomic E-state index is -0.403. The molecule has 1 aliphatic carbocycles. The average molecular weight is 407 g/mol. The van der Waals surface area contributed by atoms with E-state index in [1.165, 1.54) is 6.20 Å². The van der Waals surface area contributed by atoms with Gasteiger partial charge in [-0.05, 0) is 49.9 Å². The highest BCUT2D eigenvalue weighted by Crippen LogP contribution is 2.52. The van der Waals surface area contributed by atoms with E-state index in [4.69, 9.17) is 10.5 Å². The van der Waals surface area contributed by atoms with Gasteiger partial charge in [0, 0.05) is 49.2 Å². The number of ether oxygens (including phenoxy) is 1. The van der Waals surface area contributed by atoms with E-state index in [2.05, 4.69) is 20.6 Å². The molecule has 2 amide bonds. The van der Waals surface area contributed by atoms with Gasteiger partial charge in [0.05, 0.1) is 5.57 Å². The zero-order valence-corrected chi connectivity index (χ0v) is 17.2. The molecule has 4 rings (SSSR count). The number of hydrogen-bond donors (Lipinski definition) is 3. The molecule has 1 saturated carbocycles. The summed E-state index contributed by atoms with van der Waals surface area (Å²) in [5.41, 5.74) is 8.13. The first-order valence-corrected chi connectivity index (χ1v) is 9.91. The second kappa shape index (κ2) is 7.44. The number of carbonyl (C=O) groups excluding carboxylic acids is 2. The van der Waals surface area contributed by atoms with Crippen LogP contribution in [0.1, 0.15) is 43.1 Å². The Labute approximate surface area is 174 Å². The van der Waals surface area contributed by atoms with Gasteiger partial charge in [0.2, 0.25) is 5.91 Å². The summed E-state index contributed by atoms with van der Waals surface area (Å²) in [6.45, 7) is 4.05. The standard InChI is InChI=1S/C22H25N5O3/c1-22(2)10-12-7-17(27-21(29)16(11-23)19-25-5-4-6-26-19)14(9-18(12)30-22)13-8-15(13)20(28)24-3/h4-7,9,11,13,15H,8,10,23H2,1-3H3,(H,24,28)(H,27,29). The zero-order valence-electron chi connectivity index (χ0n) is 17.2. The summed E-state index contributed by atoms with van der Waals surface area (Å²) in [4.78, 5) is 33.3. The molecule has 8 nitrogen and oxygen atoms in total. The molecular formula is C22H25N5O3. The second-order valence-corrected chi connectivity index (χ2v) is 8.26. The van der Waals surface area contributed by atoms with E-state index in [0.29, 0.717) is 5.69 Å². The van der Waals surface area contributed by atoms with Gasteiger partial charge in [0.25, 0.3) is 5.91 Å². The van der Waals surface area contributed by atoms with E-state index in [1.807, 2.05) is 26.0 Å². The van der Waals surface area contributed by atoms with E-state index < -0.39 is 5.91 Å². The van der Waals surface area contributed by atoms with Crippen molar-refractivity contribution < 1.29 is 14.3 Å². The number of carbonyl (C=O) groups is 2. The van der Waals surface area contributed by atoms with E-state index in [1.54, 1.807) is 25.5 Å². The molecule has 1 aromatic carbocycles. The fourth-order valence-electron chi connectivity index (χ4n) is 3.97. The van der Waals surface area contributed by atoms with Crippen LogP contribution in [-0.2, 0) is 16.0 Å². The van der Waals surface area contributed by atoms with Gasteiger partial charge >= 0.3 is 0 Å². The van der Waals surface area contributed by atoms with Crippen molar-refractivity contribution in [1.29, 1.82) is 0 Å². The van der Waals surface area contributed by atoms with Crippen LogP contribution in [0.5, 0.6) is 5.75 Å². The Kier molecular flexibility index (Phi) is 4.93. The quantitative estimate of drug-likeness (QED) is 0.652. The van der Waals surface area contributed by atoms with Crippen LogP contribution in [0.2, 0.25) is 0 Å². The lowest BCUT2D eigenvalue weighted by Crippen LogP contribution is -2.24. The van der Waals surface area contributed by atoms with Crippen LogP contribution in [0.3, 0.4) is 0 Å². The minimum absolute atomic E-state index is 0.000693. The molecule has 2 aromatic rings. The molecule has 0 saturated heterocycles. The molecular weight excluding hydrogens is 382 g/mol. The topological polar surface area (TPSA) is 119 Å². The number of anilines is 1. The number of fused-ring (bicyclic) bond motifs is 1. The predicted octanol–water partition coefficient (Wildman–Crippen LogP) is 1.98. The molecule has 2 atom stereocenters. The van der Waals surface area contributed by atoms with Gasteiger partial charge in [-0.3, -0.25) is 9.59 Å². The molecule has 2 aliphatic rings. The Morgan fingerprint density at radius 1 is 1.27 bits per heavy atom. The first-order chi connectivity index (χ1) is 14.3. The number of amides is 2. The zero-order chi connectivity index (χ0) is 21.5. The molecule has 2 unspecified atom stereocenters. The lowest BCUT2D eigenvalue weighted by atomic mass is 9.97. The van der Waals surface area contributed by atoms with Crippen LogP contribution in [0.4, 0.5) is 5.69 Å². The monoisotopic (exact) mass is 407 g/mol. The largest absolute Gasteiger partial charge is 0.487 e. The number of nitrogens with two attached hydrogens (primary N) is 1. The van der Waals surface area contributed by atoms with Crippen molar-refractivity contribution in [3.05, 3.63) is 53.7 Å². The number of hydrogen-bond acceptors (Lipinski definition) is 6. The smallest absolute Gasteiger partial charge is 0.260 e. The first-order valence-electron chi connectivity index (χ1n) is 9.91. The molecule has 0 spiro atoms. The van der Waals surface area contributed by atoms with Crippen LogP contribution in [0, 0.1) is 5.92 Å². The predicted molar refractivity (Wildman–Crippen MR) is 113 cm³/mol. The molecule has 1 fully saturated rings. The highest BCUT2D eigenvalue weighted by molar-refractivity contribution is 6.24. The van der Waals surface area contributed by atoms with Crippen molar-refractivity contribution in [2.75, 3.05) is 12.4 Å². The van der Waals surface area contributed by atoms with E-state index >= 15 is 0 Å². The second-order valence-electron chi connectivity index (χ2n) is 8.26. The van der Waals surface area contributed by atoms with Gasteiger partial charge in [0.1, 0.15) is 11.4 Å². The van der Waals surface area contributed by atoms with Gasteiger partial charge in [-0.1, -0.05) is 0 Å². The highest BCUT2D eigenvalue weighted by atomic mass is 16.5. The number of rotatable bonds is 5. The van der Waals surface area contributed by atoms with Gasteiger partial charge in [0.15, 0.2) is 5.82 Å². The van der Waals surface area contributed by atoms with Gasteiger partial charge in [-0.25, -0.2) is 9.97 Å². The number of aromatic nitrogens is 2. The Balaban J connectivity index is 1.67. The van der Waals surface area contributed by atoms with Crippen LogP contribution >= 0.6 is 0 Å². The maximum atomic E-state index is 13.0. The third-order valence-electron chi connectivity index (χ3n) is 5.47. The van der Waals surface area contributed by atoms with Gasteiger partial charge in [-0.15, -0.1) is 0 Å². The average Bonchev–Trinajstić information content (AvgIpc) is 3.44. The number of nitrogens with one attached hydrogen (secondary N) is 2. The molecule has 30 heavy (non-hydrogen) atoms. The third-order valence-corrected chi connectivity index (χ3v) is 5.47. The first kappa shape index (κ1) is 19.9. The van der Waals surface area contributed by atoms with Crippen molar-refractivity contribution >= 4 is 23.1 Å². The summed E-state index contributed by atoms with van der Waals surface area (Å²) in [7, 11) is 1.63. The maximum Gasteiger partial charge on any atom is 0.260 e. The van der Waals surface area contributed by atoms with E-state index in [-0.39, 0.29) is 34.7 Å². The fourth-order valence-corrected chi connectivity index (χ4v) is 3.97. The van der Waals surface area contributed by atoms with Crippen LogP contribution < -0.4 is 21.1 Å². The summed E-state index contributed by atoms with van der Waals surface area (Å²) in [5.74, 6) is 0.562. The number of nitrogens with zero attached hydrogens (tertiary/aromatic N) is 2. The highest BCUT2D eigenvalue weighted by Gasteiger charge is 2.45. The molecule has 0 bridgehead atoms. The van der Waals surface area contributed by atoms with Crippen molar-refractivity contribution in [2.24, 2.45) is 11.7 Å². The normalized spacial score (nSPS) is 21.4. The van der Waals surface area contributed by atoms with Crippen molar-refractivity contribution in [3.63, 3.8) is 0 Å². The SMILES string of the molecule is CNC(=O)C1CC1c1cc2c(cc1NC(=O)C(=CN)c1ncccn1)CC(C)(C)O2. The van der Waals surface area contributed by atoms with Crippen LogP contribution in [0.25, 0.3) is 5.57 Å². The van der Waals surface area contributed by atoms with E-state index in [0.717, 1.165) is 29.7 Å². The third kappa shape index (κ3) is 3.72. The van der Waals surface area contributed by atoms with Crippen LogP contribution in [0.15, 0.2) is 36.8 Å². The summed E-state index contributed by atoms with van der Waals surface area (Å²) >= 11 is 0. The Morgan fingerprint density at radius 3 is 2.67 bits per heavy atom. The van der Waals surface area contributed by atoms with Gasteiger partial charge < -0.3 is 21.1 Å². The van der Waals surface area contributed by atoms with E-state index in [9.17, 15) is 9.59 Å². The summed E-state index contributed by atoms with van der Waals surface area (Å²) in [6, 6.07) is 5.57. The molecule has 1 aliphatic heterocycles. The molecule has 0 radical (unpaired) electrons. The molecule has 2 heterocycles. The van der Waals surface area contributed by atoms with Crippen LogP contribution in [-0.4, -0.2) is 34.4 Å². The fraction of sp³-hybridized carbons (Fsp3) is 0.364. The van der Waals surface area contributed by atoms with Crippen molar-refractivity contribution in [2.45, 2.75) is 38.2 Å². The molecule has 4 N–H and O–H groups in total. The molecule has 1 aromatic heterocycles. The van der Waals surface area contributed by atoms with Crippen molar-refractivity contribution in [3.8, 4) is 5.75 Å². The number of benzene rings is 1. The summed E-state index contributed by atoms with van der Waals surface area (Å²) in [5, 5.41) is 5.66. The van der Waals surface area contributed by atoms with Crippen molar-refractivity contribution in [1.82, 2.24) is 15.3 Å². The summed E-state index contributed by atoms with van der Waals surface area (Å²) < 4.78 is 6.07. The lowest BCUT2D eigenvalue weighted by Gasteiger charge is -2.17. The Morgan fingerprint density at radius 2 is 2.00 bits per heavy atom. The maximum absolute atomic E-state index is 13.0. The minimum Gasteiger partial charge on any atom is -0.487 e. The molecule has 156 valence electrons. The summed E-state index contributed by atoms with van der Waals surface area (Å²) in [6.07, 6.45) is 5.77.